The molecule has 1 aliphatic rings. The maximum atomic E-state index is 12.8. The van der Waals surface area contributed by atoms with Crippen molar-refractivity contribution in [2.45, 2.75) is 26.7 Å². The van der Waals surface area contributed by atoms with Gasteiger partial charge in [-0.1, -0.05) is 44.2 Å². The number of benzene rings is 1. The van der Waals surface area contributed by atoms with Gasteiger partial charge < -0.3 is 9.80 Å². The standard InChI is InChI=1S/C17H24N2O2/c1-13(2)16(15-7-5-4-6-8-15)17(21)19-11-9-18(10-12-19)14(3)20/h4-8,13,16H,9-12H2,1-3H3. The monoisotopic (exact) mass is 288 g/mol. The molecule has 2 amide bonds. The molecule has 0 spiro atoms. The van der Waals surface area contributed by atoms with Crippen molar-refractivity contribution in [1.82, 2.24) is 9.80 Å². The summed E-state index contributed by atoms with van der Waals surface area (Å²) in [4.78, 5) is 27.9. The minimum atomic E-state index is -0.102. The fraction of sp³-hybridized carbons (Fsp3) is 0.529. The van der Waals surface area contributed by atoms with Gasteiger partial charge in [-0.2, -0.15) is 0 Å². The second-order valence-electron chi connectivity index (χ2n) is 5.96. The topological polar surface area (TPSA) is 40.6 Å². The van der Waals surface area contributed by atoms with Crippen LogP contribution in [0.25, 0.3) is 0 Å². The van der Waals surface area contributed by atoms with Gasteiger partial charge in [-0.05, 0) is 11.5 Å². The van der Waals surface area contributed by atoms with Gasteiger partial charge in [0.2, 0.25) is 11.8 Å². The third-order valence-electron chi connectivity index (χ3n) is 4.13. The number of amides is 2. The van der Waals surface area contributed by atoms with Crippen LogP contribution in [0.4, 0.5) is 0 Å². The highest BCUT2D eigenvalue weighted by atomic mass is 16.2. The average molecular weight is 288 g/mol. The Morgan fingerprint density at radius 3 is 1.95 bits per heavy atom. The zero-order valence-electron chi connectivity index (χ0n) is 13.1. The molecule has 1 saturated heterocycles. The minimum absolute atomic E-state index is 0.0885. The summed E-state index contributed by atoms with van der Waals surface area (Å²) in [5, 5.41) is 0. The number of carbonyl (C=O) groups excluding carboxylic acids is 2. The first-order chi connectivity index (χ1) is 10.0. The van der Waals surface area contributed by atoms with Gasteiger partial charge in [-0.15, -0.1) is 0 Å². The molecule has 2 rings (SSSR count). The summed E-state index contributed by atoms with van der Waals surface area (Å²) in [7, 11) is 0. The molecule has 114 valence electrons. The van der Waals surface area contributed by atoms with Gasteiger partial charge in [-0.3, -0.25) is 9.59 Å². The van der Waals surface area contributed by atoms with E-state index in [-0.39, 0.29) is 23.7 Å². The molecule has 0 radical (unpaired) electrons. The van der Waals surface area contributed by atoms with E-state index in [2.05, 4.69) is 13.8 Å². The molecule has 1 fully saturated rings. The van der Waals surface area contributed by atoms with Crippen molar-refractivity contribution in [1.29, 1.82) is 0 Å². The van der Waals surface area contributed by atoms with Crippen molar-refractivity contribution in [2.24, 2.45) is 5.92 Å². The van der Waals surface area contributed by atoms with Gasteiger partial charge in [0, 0.05) is 33.1 Å². The Balaban J connectivity index is 2.09. The van der Waals surface area contributed by atoms with Crippen LogP contribution in [0.5, 0.6) is 0 Å². The van der Waals surface area contributed by atoms with Gasteiger partial charge in [0.15, 0.2) is 0 Å². The van der Waals surface area contributed by atoms with E-state index in [0.717, 1.165) is 5.56 Å². The molecule has 4 heteroatoms. The van der Waals surface area contributed by atoms with Gasteiger partial charge in [0.1, 0.15) is 0 Å². The molecule has 1 atom stereocenters. The molecule has 0 saturated carbocycles. The summed E-state index contributed by atoms with van der Waals surface area (Å²) in [6, 6.07) is 9.97. The number of piperazine rings is 1. The lowest BCUT2D eigenvalue weighted by Crippen LogP contribution is -2.51. The summed E-state index contributed by atoms with van der Waals surface area (Å²) in [5.41, 5.74) is 1.08. The highest BCUT2D eigenvalue weighted by Crippen LogP contribution is 2.27. The smallest absolute Gasteiger partial charge is 0.230 e. The zero-order valence-corrected chi connectivity index (χ0v) is 13.1. The van der Waals surface area contributed by atoms with Crippen LogP contribution in [0.3, 0.4) is 0 Å². The quantitative estimate of drug-likeness (QED) is 0.855. The van der Waals surface area contributed by atoms with Crippen LogP contribution in [-0.2, 0) is 9.59 Å². The van der Waals surface area contributed by atoms with Crippen molar-refractivity contribution in [3.63, 3.8) is 0 Å². The first-order valence-corrected chi connectivity index (χ1v) is 7.60. The van der Waals surface area contributed by atoms with Crippen molar-refractivity contribution in [3.05, 3.63) is 35.9 Å². The number of nitrogens with zero attached hydrogens (tertiary/aromatic N) is 2. The Morgan fingerprint density at radius 1 is 0.952 bits per heavy atom. The van der Waals surface area contributed by atoms with Crippen LogP contribution in [0.1, 0.15) is 32.3 Å². The van der Waals surface area contributed by atoms with Crippen LogP contribution in [0, 0.1) is 5.92 Å². The van der Waals surface area contributed by atoms with E-state index < -0.39 is 0 Å². The van der Waals surface area contributed by atoms with Crippen molar-refractivity contribution < 1.29 is 9.59 Å². The molecule has 4 nitrogen and oxygen atoms in total. The van der Waals surface area contributed by atoms with E-state index in [1.165, 1.54) is 0 Å². The Kier molecular flexibility index (Phi) is 4.99. The van der Waals surface area contributed by atoms with Crippen LogP contribution >= 0.6 is 0 Å². The lowest BCUT2D eigenvalue weighted by atomic mass is 9.87. The van der Waals surface area contributed by atoms with Crippen molar-refractivity contribution in [2.75, 3.05) is 26.2 Å². The largest absolute Gasteiger partial charge is 0.339 e. The fourth-order valence-corrected chi connectivity index (χ4v) is 2.91. The minimum Gasteiger partial charge on any atom is -0.339 e. The van der Waals surface area contributed by atoms with Gasteiger partial charge in [0.25, 0.3) is 0 Å². The Morgan fingerprint density at radius 2 is 1.48 bits per heavy atom. The predicted molar refractivity (Wildman–Crippen MR) is 82.9 cm³/mol. The Hall–Kier alpha value is -1.84. The van der Waals surface area contributed by atoms with E-state index in [9.17, 15) is 9.59 Å². The normalized spacial score (nSPS) is 17.0. The molecule has 1 unspecified atom stereocenters. The molecule has 21 heavy (non-hydrogen) atoms. The Bertz CT molecular complexity index is 491. The Labute approximate surface area is 126 Å². The SMILES string of the molecule is CC(=O)N1CCN(C(=O)C(c2ccccc2)C(C)C)CC1. The van der Waals surface area contributed by atoms with Gasteiger partial charge in [-0.25, -0.2) is 0 Å². The molecule has 1 heterocycles. The van der Waals surface area contributed by atoms with Crippen LogP contribution < -0.4 is 0 Å². The van der Waals surface area contributed by atoms with Crippen LogP contribution in [-0.4, -0.2) is 47.8 Å². The fourth-order valence-electron chi connectivity index (χ4n) is 2.91. The maximum absolute atomic E-state index is 12.8. The third-order valence-corrected chi connectivity index (χ3v) is 4.13. The highest BCUT2D eigenvalue weighted by Gasteiger charge is 2.30. The lowest BCUT2D eigenvalue weighted by molar-refractivity contribution is -0.140. The summed E-state index contributed by atoms with van der Waals surface area (Å²) < 4.78 is 0. The number of carbonyl (C=O) groups is 2. The van der Waals surface area contributed by atoms with E-state index in [1.54, 1.807) is 11.8 Å². The molecule has 0 aromatic heterocycles. The molecule has 0 N–H and O–H groups in total. The van der Waals surface area contributed by atoms with Crippen molar-refractivity contribution in [3.8, 4) is 0 Å². The first kappa shape index (κ1) is 15.5. The van der Waals surface area contributed by atoms with E-state index in [1.807, 2.05) is 35.2 Å². The molecule has 1 aromatic rings. The summed E-state index contributed by atoms with van der Waals surface area (Å²) in [5.74, 6) is 0.422. The molecular formula is C17H24N2O2. The third kappa shape index (κ3) is 3.63. The van der Waals surface area contributed by atoms with E-state index >= 15 is 0 Å². The second-order valence-corrected chi connectivity index (χ2v) is 5.96. The lowest BCUT2D eigenvalue weighted by Gasteiger charge is -2.37. The summed E-state index contributed by atoms with van der Waals surface area (Å²) in [6.07, 6.45) is 0. The molecule has 1 aromatic carbocycles. The van der Waals surface area contributed by atoms with E-state index in [0.29, 0.717) is 26.2 Å². The molecule has 0 aliphatic carbocycles. The predicted octanol–water partition coefficient (Wildman–Crippen LogP) is 2.12. The summed E-state index contributed by atoms with van der Waals surface area (Å²) >= 11 is 0. The average Bonchev–Trinajstić information content (AvgIpc) is 2.48. The van der Waals surface area contributed by atoms with Crippen LogP contribution in [0.15, 0.2) is 30.3 Å². The van der Waals surface area contributed by atoms with Crippen LogP contribution in [0.2, 0.25) is 0 Å². The first-order valence-electron chi connectivity index (χ1n) is 7.60. The second kappa shape index (κ2) is 6.74. The number of hydrogen-bond donors (Lipinski definition) is 0. The van der Waals surface area contributed by atoms with Gasteiger partial charge >= 0.3 is 0 Å². The number of hydrogen-bond acceptors (Lipinski definition) is 2. The molecule has 1 aliphatic heterocycles. The van der Waals surface area contributed by atoms with Crippen molar-refractivity contribution >= 4 is 11.8 Å². The number of rotatable bonds is 3. The summed E-state index contributed by atoms with van der Waals surface area (Å²) in [6.45, 7) is 8.30. The zero-order chi connectivity index (χ0) is 15.4. The molecule has 0 bridgehead atoms. The van der Waals surface area contributed by atoms with E-state index in [4.69, 9.17) is 0 Å². The highest BCUT2D eigenvalue weighted by molar-refractivity contribution is 5.84. The molecular weight excluding hydrogens is 264 g/mol. The maximum Gasteiger partial charge on any atom is 0.230 e. The van der Waals surface area contributed by atoms with Gasteiger partial charge in [0.05, 0.1) is 5.92 Å².